The van der Waals surface area contributed by atoms with Crippen LogP contribution < -0.4 is 15.0 Å². The fourth-order valence-electron chi connectivity index (χ4n) is 5.69. The van der Waals surface area contributed by atoms with E-state index in [-0.39, 0.29) is 34.6 Å². The standard InChI is InChI=1S/C33H30ClF2N3O4/c1-33(38-29-11-7-21(32(40)41)13-30(29)39(33)18-26-3-2-12-42-26)16-25-9-5-22(17-37-25)20-6-10-27(35)31(14-20)43-19-23-4-8-24(34)15-28(23)36/h4-11,13-15,17,26,38H,2-3,12,16,18-19H2,1H3,(H,40,41). The van der Waals surface area contributed by atoms with Gasteiger partial charge in [-0.05, 0) is 73.9 Å². The Bertz CT molecular complexity index is 1660. The number of nitrogens with one attached hydrogen (secondary N) is 1. The largest absolute Gasteiger partial charge is 0.486 e. The van der Waals surface area contributed by atoms with E-state index >= 15 is 0 Å². The second-order valence-electron chi connectivity index (χ2n) is 11.1. The average Bonchev–Trinajstić information content (AvgIpc) is 3.59. The van der Waals surface area contributed by atoms with Crippen LogP contribution in [0, 0.1) is 11.6 Å². The van der Waals surface area contributed by atoms with Crippen molar-refractivity contribution >= 4 is 28.9 Å². The van der Waals surface area contributed by atoms with E-state index in [1.165, 1.54) is 18.2 Å². The zero-order valence-corrected chi connectivity index (χ0v) is 24.2. The zero-order chi connectivity index (χ0) is 30.1. The number of hydrogen-bond donors (Lipinski definition) is 2. The number of aromatic nitrogens is 1. The molecule has 10 heteroatoms. The number of halogens is 3. The normalized spacial score (nSPS) is 19.3. The minimum absolute atomic E-state index is 0.00172. The van der Waals surface area contributed by atoms with Gasteiger partial charge in [0.05, 0.1) is 23.0 Å². The number of anilines is 2. The molecule has 0 saturated carbocycles. The highest BCUT2D eigenvalue weighted by Crippen LogP contribution is 2.42. The second kappa shape index (κ2) is 11.8. The van der Waals surface area contributed by atoms with Gasteiger partial charge in [-0.3, -0.25) is 4.98 Å². The van der Waals surface area contributed by atoms with E-state index in [4.69, 9.17) is 26.1 Å². The first-order chi connectivity index (χ1) is 20.7. The highest BCUT2D eigenvalue weighted by atomic mass is 35.5. The van der Waals surface area contributed by atoms with Gasteiger partial charge in [0, 0.05) is 47.6 Å². The van der Waals surface area contributed by atoms with E-state index in [1.54, 1.807) is 42.6 Å². The van der Waals surface area contributed by atoms with Crippen molar-refractivity contribution in [3.63, 3.8) is 0 Å². The number of rotatable bonds is 9. The molecule has 2 aliphatic heterocycles. The zero-order valence-electron chi connectivity index (χ0n) is 23.4. The highest BCUT2D eigenvalue weighted by molar-refractivity contribution is 6.30. The van der Waals surface area contributed by atoms with Gasteiger partial charge >= 0.3 is 5.97 Å². The molecule has 222 valence electrons. The number of benzene rings is 3. The molecule has 1 fully saturated rings. The summed E-state index contributed by atoms with van der Waals surface area (Å²) >= 11 is 5.82. The Morgan fingerprint density at radius 3 is 2.67 bits per heavy atom. The Balaban J connectivity index is 1.20. The van der Waals surface area contributed by atoms with Crippen LogP contribution in [-0.4, -0.2) is 41.0 Å². The predicted molar refractivity (Wildman–Crippen MR) is 161 cm³/mol. The van der Waals surface area contributed by atoms with Crippen LogP contribution >= 0.6 is 11.6 Å². The quantitative estimate of drug-likeness (QED) is 0.207. The lowest BCUT2D eigenvalue weighted by atomic mass is 10.0. The van der Waals surface area contributed by atoms with Crippen molar-refractivity contribution in [3.05, 3.63) is 106 Å². The van der Waals surface area contributed by atoms with Crippen LogP contribution in [0.1, 0.15) is 41.4 Å². The second-order valence-corrected chi connectivity index (χ2v) is 11.5. The SMILES string of the molecule is CC1(Cc2ccc(-c3ccc(F)c(OCc4ccc(Cl)cc4F)c3)cn2)Nc2ccc(C(=O)O)cc2N1CC1CCCO1. The third-order valence-corrected chi connectivity index (χ3v) is 8.19. The van der Waals surface area contributed by atoms with Crippen LogP contribution in [0.15, 0.2) is 72.9 Å². The maximum atomic E-state index is 14.5. The van der Waals surface area contributed by atoms with Crippen molar-refractivity contribution in [1.29, 1.82) is 0 Å². The molecule has 0 spiro atoms. The first kappa shape index (κ1) is 28.9. The molecule has 7 nitrogen and oxygen atoms in total. The first-order valence-corrected chi connectivity index (χ1v) is 14.4. The molecule has 0 aliphatic carbocycles. The lowest BCUT2D eigenvalue weighted by Crippen LogP contribution is -2.52. The number of carboxylic acids is 1. The molecule has 1 aromatic heterocycles. The number of hydrogen-bond acceptors (Lipinski definition) is 6. The fourth-order valence-corrected chi connectivity index (χ4v) is 5.85. The fraction of sp³-hybridized carbons (Fsp3) is 0.273. The topological polar surface area (TPSA) is 83.9 Å². The molecule has 2 aliphatic rings. The van der Waals surface area contributed by atoms with Gasteiger partial charge in [-0.2, -0.15) is 0 Å². The Hall–Kier alpha value is -4.21. The molecule has 2 atom stereocenters. The molecular formula is C33H30ClF2N3O4. The average molecular weight is 606 g/mol. The number of carboxylic acid groups (broad SMARTS) is 1. The lowest BCUT2D eigenvalue weighted by Gasteiger charge is -2.38. The molecule has 3 aromatic carbocycles. The molecular weight excluding hydrogens is 576 g/mol. The molecule has 1 saturated heterocycles. The molecule has 6 rings (SSSR count). The van der Waals surface area contributed by atoms with Crippen LogP contribution in [-0.2, 0) is 17.8 Å². The lowest BCUT2D eigenvalue weighted by molar-refractivity contribution is 0.0697. The molecule has 0 amide bonds. The van der Waals surface area contributed by atoms with Gasteiger partial charge in [0.15, 0.2) is 11.6 Å². The monoisotopic (exact) mass is 605 g/mol. The summed E-state index contributed by atoms with van der Waals surface area (Å²) in [5.74, 6) is -2.05. The smallest absolute Gasteiger partial charge is 0.335 e. The summed E-state index contributed by atoms with van der Waals surface area (Å²) in [6.07, 6.45) is 4.26. The number of pyridine rings is 1. The van der Waals surface area contributed by atoms with E-state index in [0.717, 1.165) is 42.1 Å². The summed E-state index contributed by atoms with van der Waals surface area (Å²) in [6, 6.07) is 17.7. The van der Waals surface area contributed by atoms with Crippen LogP contribution in [0.3, 0.4) is 0 Å². The van der Waals surface area contributed by atoms with Crippen molar-refractivity contribution in [1.82, 2.24) is 4.98 Å². The number of aromatic carboxylic acids is 1. The van der Waals surface area contributed by atoms with Gasteiger partial charge in [-0.25, -0.2) is 13.6 Å². The van der Waals surface area contributed by atoms with Crippen molar-refractivity contribution < 1.29 is 28.2 Å². The van der Waals surface area contributed by atoms with Gasteiger partial charge in [0.2, 0.25) is 0 Å². The first-order valence-electron chi connectivity index (χ1n) is 14.0. The molecule has 0 radical (unpaired) electrons. The summed E-state index contributed by atoms with van der Waals surface area (Å²) in [4.78, 5) is 18.6. The van der Waals surface area contributed by atoms with Crippen LogP contribution in [0.25, 0.3) is 11.1 Å². The summed E-state index contributed by atoms with van der Waals surface area (Å²) in [7, 11) is 0. The van der Waals surface area contributed by atoms with E-state index in [0.29, 0.717) is 18.5 Å². The van der Waals surface area contributed by atoms with Crippen LogP contribution in [0.2, 0.25) is 5.02 Å². The number of nitrogens with zero attached hydrogens (tertiary/aromatic N) is 2. The van der Waals surface area contributed by atoms with Gasteiger partial charge < -0.3 is 24.8 Å². The molecule has 43 heavy (non-hydrogen) atoms. The summed E-state index contributed by atoms with van der Waals surface area (Å²) in [5.41, 5.74) is 3.89. The Kier molecular flexibility index (Phi) is 7.94. The third-order valence-electron chi connectivity index (χ3n) is 7.96. The van der Waals surface area contributed by atoms with E-state index in [9.17, 15) is 18.7 Å². The van der Waals surface area contributed by atoms with Crippen molar-refractivity contribution in [3.8, 4) is 16.9 Å². The van der Waals surface area contributed by atoms with Gasteiger partial charge in [0.25, 0.3) is 0 Å². The third kappa shape index (κ3) is 6.14. The van der Waals surface area contributed by atoms with Crippen LogP contribution in [0.4, 0.5) is 20.2 Å². The van der Waals surface area contributed by atoms with E-state index in [2.05, 4.69) is 17.1 Å². The Morgan fingerprint density at radius 2 is 1.95 bits per heavy atom. The predicted octanol–water partition coefficient (Wildman–Crippen LogP) is 7.33. The minimum Gasteiger partial charge on any atom is -0.486 e. The summed E-state index contributed by atoms with van der Waals surface area (Å²) < 4.78 is 40.2. The van der Waals surface area contributed by atoms with Gasteiger partial charge in [-0.15, -0.1) is 0 Å². The molecule has 4 aromatic rings. The molecule has 2 N–H and O–H groups in total. The summed E-state index contributed by atoms with van der Waals surface area (Å²) in [6.45, 7) is 3.27. The maximum absolute atomic E-state index is 14.5. The number of ether oxygens (including phenoxy) is 2. The van der Waals surface area contributed by atoms with Crippen molar-refractivity contribution in [2.75, 3.05) is 23.4 Å². The van der Waals surface area contributed by atoms with Crippen molar-refractivity contribution in [2.24, 2.45) is 0 Å². The highest BCUT2D eigenvalue weighted by Gasteiger charge is 2.41. The Labute approximate surface area is 253 Å². The molecule has 3 heterocycles. The Morgan fingerprint density at radius 1 is 1.12 bits per heavy atom. The molecule has 2 unspecified atom stereocenters. The van der Waals surface area contributed by atoms with Gasteiger partial charge in [0.1, 0.15) is 18.1 Å². The number of carbonyl (C=O) groups is 1. The summed E-state index contributed by atoms with van der Waals surface area (Å²) in [5, 5.41) is 13.4. The van der Waals surface area contributed by atoms with E-state index < -0.39 is 23.3 Å². The van der Waals surface area contributed by atoms with Gasteiger partial charge in [-0.1, -0.05) is 29.8 Å². The maximum Gasteiger partial charge on any atom is 0.335 e. The van der Waals surface area contributed by atoms with E-state index in [1.807, 2.05) is 12.1 Å². The molecule has 0 bridgehead atoms. The van der Waals surface area contributed by atoms with Crippen molar-refractivity contribution in [2.45, 2.75) is 44.6 Å². The van der Waals surface area contributed by atoms with Crippen LogP contribution in [0.5, 0.6) is 5.75 Å². The minimum atomic E-state index is -0.975. The number of fused-ring (bicyclic) bond motifs is 1.